The Morgan fingerprint density at radius 2 is 1.00 bits per heavy atom. The Morgan fingerprint density at radius 3 is 1.18 bits per heavy atom. The highest BCUT2D eigenvalue weighted by Gasteiger charge is 2.82. The first-order chi connectivity index (χ1) is 7.39. The van der Waals surface area contributed by atoms with Crippen molar-refractivity contribution in [1.29, 1.82) is 0 Å². The molecular formula is C7H2F6O4. The van der Waals surface area contributed by atoms with Gasteiger partial charge in [-0.05, 0) is 0 Å². The van der Waals surface area contributed by atoms with Gasteiger partial charge in [-0.3, -0.25) is 0 Å². The van der Waals surface area contributed by atoms with Gasteiger partial charge in [0.05, 0.1) is 0 Å². The Labute approximate surface area is 88.1 Å². The van der Waals surface area contributed by atoms with Gasteiger partial charge in [0.1, 0.15) is 11.1 Å². The van der Waals surface area contributed by atoms with Crippen molar-refractivity contribution in [3.05, 3.63) is 11.1 Å². The molecule has 17 heavy (non-hydrogen) atoms. The van der Waals surface area contributed by atoms with Crippen molar-refractivity contribution in [1.82, 2.24) is 0 Å². The van der Waals surface area contributed by atoms with Crippen molar-refractivity contribution >= 4 is 11.9 Å². The Kier molecular flexibility index (Phi) is 2.46. The third-order valence-electron chi connectivity index (χ3n) is 2.09. The van der Waals surface area contributed by atoms with Gasteiger partial charge in [0.25, 0.3) is 0 Å². The highest BCUT2D eigenvalue weighted by molar-refractivity contribution is 6.03. The van der Waals surface area contributed by atoms with E-state index in [-0.39, 0.29) is 0 Å². The largest absolute Gasteiger partial charge is 0.478 e. The van der Waals surface area contributed by atoms with Crippen LogP contribution in [0, 0.1) is 0 Å². The number of hydrogen-bond acceptors (Lipinski definition) is 2. The second-order valence-electron chi connectivity index (χ2n) is 3.08. The molecule has 0 unspecified atom stereocenters. The highest BCUT2D eigenvalue weighted by Crippen LogP contribution is 2.59. The summed E-state index contributed by atoms with van der Waals surface area (Å²) >= 11 is 0. The predicted molar refractivity (Wildman–Crippen MR) is 37.1 cm³/mol. The molecule has 0 radical (unpaired) electrons. The third-order valence-corrected chi connectivity index (χ3v) is 2.09. The van der Waals surface area contributed by atoms with Crippen LogP contribution in [0.15, 0.2) is 11.1 Å². The monoisotopic (exact) mass is 264 g/mol. The SMILES string of the molecule is O=C(O)C1=C(C(=O)O)C(F)(F)C(F)(F)C1(F)F. The van der Waals surface area contributed by atoms with E-state index in [1.54, 1.807) is 0 Å². The van der Waals surface area contributed by atoms with Crippen LogP contribution in [0.2, 0.25) is 0 Å². The number of alkyl halides is 6. The molecule has 0 amide bonds. The minimum atomic E-state index is -6.11. The fraction of sp³-hybridized carbons (Fsp3) is 0.429. The minimum absolute atomic E-state index is 2.81. The Balaban J connectivity index is 3.71. The van der Waals surface area contributed by atoms with Crippen molar-refractivity contribution in [3.63, 3.8) is 0 Å². The van der Waals surface area contributed by atoms with Crippen LogP contribution in [-0.2, 0) is 9.59 Å². The number of carboxylic acid groups (broad SMARTS) is 2. The maximum absolute atomic E-state index is 12.8. The lowest BCUT2D eigenvalue weighted by molar-refractivity contribution is -0.265. The van der Waals surface area contributed by atoms with E-state index >= 15 is 0 Å². The summed E-state index contributed by atoms with van der Waals surface area (Å²) in [5.74, 6) is -23.3. The van der Waals surface area contributed by atoms with Crippen LogP contribution in [0.4, 0.5) is 26.3 Å². The maximum Gasteiger partial charge on any atom is 0.381 e. The minimum Gasteiger partial charge on any atom is -0.478 e. The molecule has 10 heteroatoms. The molecular weight excluding hydrogens is 262 g/mol. The van der Waals surface area contributed by atoms with Crippen molar-refractivity contribution < 1.29 is 46.1 Å². The standard InChI is InChI=1S/C7H2F6O4/c8-5(9)1(3(14)15)2(4(16)17)6(10,11)7(5,12)13/h(H,14,15)(H,16,17). The maximum atomic E-state index is 12.8. The van der Waals surface area contributed by atoms with Gasteiger partial charge < -0.3 is 10.2 Å². The molecule has 0 bridgehead atoms. The van der Waals surface area contributed by atoms with Gasteiger partial charge in [-0.25, -0.2) is 9.59 Å². The summed E-state index contributed by atoms with van der Waals surface area (Å²) < 4.78 is 76.6. The van der Waals surface area contributed by atoms with E-state index in [1.807, 2.05) is 0 Å². The fourth-order valence-electron chi connectivity index (χ4n) is 1.31. The smallest absolute Gasteiger partial charge is 0.381 e. The third kappa shape index (κ3) is 1.32. The van der Waals surface area contributed by atoms with E-state index in [0.717, 1.165) is 0 Å². The summed E-state index contributed by atoms with van der Waals surface area (Å²) in [6.07, 6.45) is 0. The molecule has 2 N–H and O–H groups in total. The molecule has 0 saturated carbocycles. The summed E-state index contributed by atoms with van der Waals surface area (Å²) in [7, 11) is 0. The number of rotatable bonds is 2. The second-order valence-corrected chi connectivity index (χ2v) is 3.08. The first-order valence-corrected chi connectivity index (χ1v) is 3.74. The van der Waals surface area contributed by atoms with Gasteiger partial charge in [-0.2, -0.15) is 26.3 Å². The number of hydrogen-bond donors (Lipinski definition) is 2. The van der Waals surface area contributed by atoms with Crippen LogP contribution in [0.3, 0.4) is 0 Å². The van der Waals surface area contributed by atoms with E-state index < -0.39 is 40.9 Å². The molecule has 0 saturated heterocycles. The quantitative estimate of drug-likeness (QED) is 0.739. The number of aliphatic carboxylic acids is 2. The second kappa shape index (κ2) is 3.14. The first kappa shape index (κ1) is 13.3. The van der Waals surface area contributed by atoms with Crippen molar-refractivity contribution in [2.75, 3.05) is 0 Å². The molecule has 0 aliphatic heterocycles. The lowest BCUT2D eigenvalue weighted by Gasteiger charge is -2.24. The average molecular weight is 264 g/mol. The van der Waals surface area contributed by atoms with Crippen LogP contribution in [0.1, 0.15) is 0 Å². The van der Waals surface area contributed by atoms with E-state index in [9.17, 15) is 35.9 Å². The van der Waals surface area contributed by atoms with Crippen LogP contribution < -0.4 is 0 Å². The van der Waals surface area contributed by atoms with E-state index in [0.29, 0.717) is 0 Å². The molecule has 0 fully saturated rings. The zero-order valence-corrected chi connectivity index (χ0v) is 7.48. The Hall–Kier alpha value is -1.74. The van der Waals surface area contributed by atoms with Crippen LogP contribution in [0.5, 0.6) is 0 Å². The zero-order chi connectivity index (χ0) is 13.8. The first-order valence-electron chi connectivity index (χ1n) is 3.74. The molecule has 1 aliphatic carbocycles. The number of carbonyl (C=O) groups is 2. The highest BCUT2D eigenvalue weighted by atomic mass is 19.3. The predicted octanol–water partition coefficient (Wildman–Crippen LogP) is 1.37. The normalized spacial score (nSPS) is 24.8. The van der Waals surface area contributed by atoms with Gasteiger partial charge >= 0.3 is 29.7 Å². The van der Waals surface area contributed by atoms with Gasteiger partial charge in [-0.15, -0.1) is 0 Å². The van der Waals surface area contributed by atoms with Crippen molar-refractivity contribution in [2.45, 2.75) is 17.8 Å². The average Bonchev–Trinajstić information content (AvgIpc) is 2.20. The molecule has 0 atom stereocenters. The van der Waals surface area contributed by atoms with Gasteiger partial charge in [-0.1, -0.05) is 0 Å². The van der Waals surface area contributed by atoms with E-state index in [1.165, 1.54) is 0 Å². The molecule has 4 nitrogen and oxygen atoms in total. The molecule has 0 heterocycles. The number of halogens is 6. The van der Waals surface area contributed by atoms with Crippen LogP contribution in [0.25, 0.3) is 0 Å². The van der Waals surface area contributed by atoms with Gasteiger partial charge in [0.2, 0.25) is 0 Å². The lowest BCUT2D eigenvalue weighted by Crippen LogP contribution is -2.50. The van der Waals surface area contributed by atoms with E-state index in [2.05, 4.69) is 0 Å². The van der Waals surface area contributed by atoms with Gasteiger partial charge in [0.15, 0.2) is 0 Å². The Bertz CT molecular complexity index is 400. The van der Waals surface area contributed by atoms with E-state index in [4.69, 9.17) is 10.2 Å². The molecule has 96 valence electrons. The van der Waals surface area contributed by atoms with Crippen molar-refractivity contribution in [3.8, 4) is 0 Å². The van der Waals surface area contributed by atoms with Crippen LogP contribution in [-0.4, -0.2) is 39.9 Å². The summed E-state index contributed by atoms with van der Waals surface area (Å²) in [6, 6.07) is 0. The summed E-state index contributed by atoms with van der Waals surface area (Å²) in [5, 5.41) is 16.3. The molecule has 0 aromatic carbocycles. The molecule has 0 spiro atoms. The fourth-order valence-corrected chi connectivity index (χ4v) is 1.31. The summed E-state index contributed by atoms with van der Waals surface area (Å²) in [6.45, 7) is 0. The molecule has 1 aliphatic rings. The topological polar surface area (TPSA) is 74.6 Å². The van der Waals surface area contributed by atoms with Gasteiger partial charge in [0, 0.05) is 0 Å². The number of carboxylic acids is 2. The molecule has 0 aromatic rings. The lowest BCUT2D eigenvalue weighted by atomic mass is 10.1. The molecule has 0 aromatic heterocycles. The van der Waals surface area contributed by atoms with Crippen molar-refractivity contribution in [2.24, 2.45) is 0 Å². The van der Waals surface area contributed by atoms with Crippen LogP contribution >= 0.6 is 0 Å². The summed E-state index contributed by atoms with van der Waals surface area (Å²) in [4.78, 5) is 20.5. The summed E-state index contributed by atoms with van der Waals surface area (Å²) in [5.41, 5.74) is -5.61. The zero-order valence-electron chi connectivity index (χ0n) is 7.48. The molecule has 1 rings (SSSR count). The Morgan fingerprint density at radius 1 is 0.765 bits per heavy atom.